The highest BCUT2D eigenvalue weighted by Crippen LogP contribution is 2.26. The van der Waals surface area contributed by atoms with Crippen molar-refractivity contribution in [2.45, 2.75) is 6.54 Å². The summed E-state index contributed by atoms with van der Waals surface area (Å²) >= 11 is 5.77. The van der Waals surface area contributed by atoms with E-state index in [1.165, 1.54) is 18.2 Å². The molecule has 6 nitrogen and oxygen atoms in total. The van der Waals surface area contributed by atoms with Crippen LogP contribution in [0.5, 0.6) is 11.5 Å². The molecule has 0 radical (unpaired) electrons. The van der Waals surface area contributed by atoms with E-state index in [1.807, 2.05) is 0 Å². The third-order valence-electron chi connectivity index (χ3n) is 3.03. The van der Waals surface area contributed by atoms with Gasteiger partial charge >= 0.3 is 11.8 Å². The number of hydrogen-bond donors (Lipinski definition) is 3. The van der Waals surface area contributed by atoms with Gasteiger partial charge in [-0.3, -0.25) is 9.59 Å². The molecule has 0 spiro atoms. The Hall–Kier alpha value is -2.73. The molecule has 0 aliphatic carbocycles. The molecular weight excluding hydrogens is 320 g/mol. The SMILES string of the molecule is COc1ccc(CNC(=O)C(=O)Nc2cc(Cl)ccc2O)cc1. The fourth-order valence-electron chi connectivity index (χ4n) is 1.79. The van der Waals surface area contributed by atoms with E-state index >= 15 is 0 Å². The number of rotatable bonds is 4. The Morgan fingerprint density at radius 2 is 1.83 bits per heavy atom. The van der Waals surface area contributed by atoms with Crippen LogP contribution < -0.4 is 15.4 Å². The van der Waals surface area contributed by atoms with Crippen LogP contribution in [-0.4, -0.2) is 24.0 Å². The zero-order valence-electron chi connectivity index (χ0n) is 12.3. The summed E-state index contributed by atoms with van der Waals surface area (Å²) in [5, 5.41) is 14.7. The second-order valence-corrected chi connectivity index (χ2v) is 5.08. The molecule has 2 amide bonds. The standard InChI is InChI=1S/C16H15ClN2O4/c1-23-12-5-2-10(3-6-12)9-18-15(21)16(22)19-13-8-11(17)4-7-14(13)20/h2-8,20H,9H2,1H3,(H,18,21)(H,19,22). The molecule has 0 unspecified atom stereocenters. The molecule has 23 heavy (non-hydrogen) atoms. The van der Waals surface area contributed by atoms with Crippen LogP contribution in [0.1, 0.15) is 5.56 Å². The minimum absolute atomic E-state index is 0.0714. The summed E-state index contributed by atoms with van der Waals surface area (Å²) < 4.78 is 5.03. The Balaban J connectivity index is 1.92. The Morgan fingerprint density at radius 3 is 2.48 bits per heavy atom. The molecule has 0 fully saturated rings. The van der Waals surface area contributed by atoms with Crippen LogP contribution in [0.15, 0.2) is 42.5 Å². The Morgan fingerprint density at radius 1 is 1.13 bits per heavy atom. The number of methoxy groups -OCH3 is 1. The Bertz CT molecular complexity index is 717. The molecule has 120 valence electrons. The van der Waals surface area contributed by atoms with Gasteiger partial charge in [0.1, 0.15) is 11.5 Å². The number of hydrogen-bond acceptors (Lipinski definition) is 4. The van der Waals surface area contributed by atoms with Crippen molar-refractivity contribution in [3.63, 3.8) is 0 Å². The van der Waals surface area contributed by atoms with Crippen LogP contribution >= 0.6 is 11.6 Å². The number of anilines is 1. The number of ether oxygens (including phenoxy) is 1. The number of aromatic hydroxyl groups is 1. The molecule has 0 bridgehead atoms. The molecule has 0 atom stereocenters. The molecule has 0 aromatic heterocycles. The maximum absolute atomic E-state index is 11.8. The van der Waals surface area contributed by atoms with Gasteiger partial charge in [-0.1, -0.05) is 23.7 Å². The van der Waals surface area contributed by atoms with Gasteiger partial charge < -0.3 is 20.5 Å². The van der Waals surface area contributed by atoms with Crippen molar-refractivity contribution >= 4 is 29.1 Å². The monoisotopic (exact) mass is 334 g/mol. The lowest BCUT2D eigenvalue weighted by molar-refractivity contribution is -0.136. The van der Waals surface area contributed by atoms with Gasteiger partial charge in [0, 0.05) is 11.6 Å². The molecule has 0 saturated heterocycles. The fourth-order valence-corrected chi connectivity index (χ4v) is 1.97. The molecule has 2 aromatic carbocycles. The molecule has 0 aliphatic heterocycles. The van der Waals surface area contributed by atoms with Crippen molar-refractivity contribution in [2.24, 2.45) is 0 Å². The first kappa shape index (κ1) is 16.6. The first-order valence-corrected chi connectivity index (χ1v) is 7.08. The number of amides is 2. The summed E-state index contributed by atoms with van der Waals surface area (Å²) in [7, 11) is 1.56. The maximum atomic E-state index is 11.8. The largest absolute Gasteiger partial charge is 0.506 e. The van der Waals surface area contributed by atoms with Crippen molar-refractivity contribution in [1.29, 1.82) is 0 Å². The van der Waals surface area contributed by atoms with E-state index in [-0.39, 0.29) is 18.0 Å². The number of phenolic OH excluding ortho intramolecular Hbond substituents is 1. The van der Waals surface area contributed by atoms with E-state index < -0.39 is 11.8 Å². The summed E-state index contributed by atoms with van der Waals surface area (Å²) in [5.41, 5.74) is 0.889. The molecule has 2 aromatic rings. The second kappa shape index (κ2) is 7.51. The van der Waals surface area contributed by atoms with E-state index in [4.69, 9.17) is 16.3 Å². The molecule has 0 saturated carbocycles. The quantitative estimate of drug-likeness (QED) is 0.591. The Kier molecular flexibility index (Phi) is 5.43. The highest BCUT2D eigenvalue weighted by atomic mass is 35.5. The van der Waals surface area contributed by atoms with Crippen LogP contribution in [0.3, 0.4) is 0 Å². The summed E-state index contributed by atoms with van der Waals surface area (Å²) in [5.74, 6) is -1.18. The fraction of sp³-hybridized carbons (Fsp3) is 0.125. The lowest BCUT2D eigenvalue weighted by Crippen LogP contribution is -2.34. The molecule has 0 aliphatic rings. The van der Waals surface area contributed by atoms with Gasteiger partial charge in [0.2, 0.25) is 0 Å². The van der Waals surface area contributed by atoms with Gasteiger partial charge in [0.25, 0.3) is 0 Å². The van der Waals surface area contributed by atoms with E-state index in [1.54, 1.807) is 31.4 Å². The zero-order chi connectivity index (χ0) is 16.8. The van der Waals surface area contributed by atoms with Gasteiger partial charge in [-0.05, 0) is 35.9 Å². The van der Waals surface area contributed by atoms with Crippen molar-refractivity contribution < 1.29 is 19.4 Å². The molecule has 7 heteroatoms. The van der Waals surface area contributed by atoms with E-state index in [0.29, 0.717) is 10.8 Å². The van der Waals surface area contributed by atoms with Crippen molar-refractivity contribution in [2.75, 3.05) is 12.4 Å². The van der Waals surface area contributed by atoms with E-state index in [9.17, 15) is 14.7 Å². The summed E-state index contributed by atoms with van der Waals surface area (Å²) in [6.45, 7) is 0.192. The predicted molar refractivity (Wildman–Crippen MR) is 86.6 cm³/mol. The highest BCUT2D eigenvalue weighted by Gasteiger charge is 2.15. The molecule has 0 heterocycles. The van der Waals surface area contributed by atoms with Gasteiger partial charge in [-0.25, -0.2) is 0 Å². The number of carbonyl (C=O) groups excluding carboxylic acids is 2. The summed E-state index contributed by atoms with van der Waals surface area (Å²) in [6.07, 6.45) is 0. The second-order valence-electron chi connectivity index (χ2n) is 4.65. The number of nitrogens with one attached hydrogen (secondary N) is 2. The molecule has 3 N–H and O–H groups in total. The van der Waals surface area contributed by atoms with Gasteiger partial charge in [-0.15, -0.1) is 0 Å². The lowest BCUT2D eigenvalue weighted by Gasteiger charge is -2.08. The first-order chi connectivity index (χ1) is 11.0. The smallest absolute Gasteiger partial charge is 0.313 e. The number of halogens is 1. The zero-order valence-corrected chi connectivity index (χ0v) is 13.1. The predicted octanol–water partition coefficient (Wildman–Crippen LogP) is 2.31. The van der Waals surface area contributed by atoms with Crippen molar-refractivity contribution in [3.05, 3.63) is 53.1 Å². The minimum atomic E-state index is -0.893. The van der Waals surface area contributed by atoms with E-state index in [2.05, 4.69) is 10.6 Å². The average Bonchev–Trinajstić information content (AvgIpc) is 2.56. The van der Waals surface area contributed by atoms with Crippen LogP contribution in [0, 0.1) is 0 Å². The third-order valence-corrected chi connectivity index (χ3v) is 3.26. The normalized spacial score (nSPS) is 10.0. The number of carbonyl (C=O) groups is 2. The average molecular weight is 335 g/mol. The minimum Gasteiger partial charge on any atom is -0.506 e. The highest BCUT2D eigenvalue weighted by molar-refractivity contribution is 6.40. The summed E-state index contributed by atoms with van der Waals surface area (Å²) in [6, 6.07) is 11.2. The van der Waals surface area contributed by atoms with Crippen molar-refractivity contribution in [3.8, 4) is 11.5 Å². The molecule has 2 rings (SSSR count). The Labute approximate surface area is 138 Å². The van der Waals surface area contributed by atoms with Gasteiger partial charge in [-0.2, -0.15) is 0 Å². The van der Waals surface area contributed by atoms with Gasteiger partial charge in [0.05, 0.1) is 12.8 Å². The van der Waals surface area contributed by atoms with Crippen molar-refractivity contribution in [1.82, 2.24) is 5.32 Å². The van der Waals surface area contributed by atoms with E-state index in [0.717, 1.165) is 5.56 Å². The summed E-state index contributed by atoms with van der Waals surface area (Å²) in [4.78, 5) is 23.6. The maximum Gasteiger partial charge on any atom is 0.313 e. The topological polar surface area (TPSA) is 87.7 Å². The molecular formula is C16H15ClN2O4. The van der Waals surface area contributed by atoms with Crippen LogP contribution in [0.4, 0.5) is 5.69 Å². The van der Waals surface area contributed by atoms with Gasteiger partial charge in [0.15, 0.2) is 0 Å². The van der Waals surface area contributed by atoms with Crippen LogP contribution in [-0.2, 0) is 16.1 Å². The number of benzene rings is 2. The third kappa shape index (κ3) is 4.62. The first-order valence-electron chi connectivity index (χ1n) is 6.70. The lowest BCUT2D eigenvalue weighted by atomic mass is 10.2. The van der Waals surface area contributed by atoms with Crippen LogP contribution in [0.2, 0.25) is 5.02 Å². The number of phenols is 1. The van der Waals surface area contributed by atoms with Crippen LogP contribution in [0.25, 0.3) is 0 Å².